The maximum Gasteiger partial charge on any atom is 0.120 e. The lowest BCUT2D eigenvalue weighted by Gasteiger charge is -2.12. The molecule has 4 aromatic rings. The summed E-state index contributed by atoms with van der Waals surface area (Å²) >= 11 is 0. The molecule has 1 heterocycles. The van der Waals surface area contributed by atoms with E-state index in [0.717, 1.165) is 18.0 Å². The highest BCUT2D eigenvalue weighted by molar-refractivity contribution is 6.05. The van der Waals surface area contributed by atoms with Gasteiger partial charge in [0.05, 0.1) is 25.4 Å². The number of rotatable bonds is 5. The summed E-state index contributed by atoms with van der Waals surface area (Å²) < 4.78 is 13.2. The SMILES string of the molecule is CCn1c(-c2ccc(OC)cc2)c(-c2ccccc2)c2ccc(OC)cc21. The van der Waals surface area contributed by atoms with Crippen LogP contribution in [0.1, 0.15) is 6.92 Å². The molecule has 0 aliphatic carbocycles. The number of aromatic nitrogens is 1. The fourth-order valence-corrected chi connectivity index (χ4v) is 3.73. The molecule has 3 heteroatoms. The van der Waals surface area contributed by atoms with Crippen LogP contribution in [0.4, 0.5) is 0 Å². The molecule has 0 saturated carbocycles. The van der Waals surface area contributed by atoms with Gasteiger partial charge in [-0.3, -0.25) is 0 Å². The van der Waals surface area contributed by atoms with Crippen molar-refractivity contribution in [2.45, 2.75) is 13.5 Å². The van der Waals surface area contributed by atoms with Crippen LogP contribution >= 0.6 is 0 Å². The molecule has 136 valence electrons. The van der Waals surface area contributed by atoms with Crippen LogP contribution in [0.2, 0.25) is 0 Å². The molecule has 0 saturated heterocycles. The molecule has 0 aliphatic rings. The van der Waals surface area contributed by atoms with Crippen molar-refractivity contribution in [3.63, 3.8) is 0 Å². The van der Waals surface area contributed by atoms with E-state index in [2.05, 4.69) is 66.1 Å². The summed E-state index contributed by atoms with van der Waals surface area (Å²) in [5, 5.41) is 1.23. The Balaban J connectivity index is 2.07. The van der Waals surface area contributed by atoms with Crippen molar-refractivity contribution in [1.29, 1.82) is 0 Å². The first kappa shape index (κ1) is 17.2. The number of fused-ring (bicyclic) bond motifs is 1. The van der Waals surface area contributed by atoms with E-state index >= 15 is 0 Å². The van der Waals surface area contributed by atoms with Crippen LogP contribution < -0.4 is 9.47 Å². The summed E-state index contributed by atoms with van der Waals surface area (Å²) in [7, 11) is 3.41. The second-order valence-electron chi connectivity index (χ2n) is 6.45. The van der Waals surface area contributed by atoms with E-state index in [1.807, 2.05) is 18.2 Å². The first-order valence-corrected chi connectivity index (χ1v) is 9.17. The molecule has 0 fully saturated rings. The normalized spacial score (nSPS) is 10.9. The Labute approximate surface area is 159 Å². The summed E-state index contributed by atoms with van der Waals surface area (Å²) in [5.74, 6) is 1.73. The van der Waals surface area contributed by atoms with Crippen LogP contribution in [0.5, 0.6) is 11.5 Å². The van der Waals surface area contributed by atoms with Crippen molar-refractivity contribution in [3.05, 3.63) is 72.8 Å². The molecule has 27 heavy (non-hydrogen) atoms. The average Bonchev–Trinajstić information content (AvgIpc) is 3.07. The van der Waals surface area contributed by atoms with Crippen LogP contribution in [0.15, 0.2) is 72.8 Å². The third kappa shape index (κ3) is 2.95. The van der Waals surface area contributed by atoms with E-state index in [-0.39, 0.29) is 0 Å². The van der Waals surface area contributed by atoms with Gasteiger partial charge in [-0.05, 0) is 54.4 Å². The first-order chi connectivity index (χ1) is 13.3. The molecule has 0 spiro atoms. The summed E-state index contributed by atoms with van der Waals surface area (Å²) in [6, 6.07) is 25.2. The lowest BCUT2D eigenvalue weighted by molar-refractivity contribution is 0.415. The van der Waals surface area contributed by atoms with Gasteiger partial charge < -0.3 is 14.0 Å². The average molecular weight is 357 g/mol. The Bertz CT molecular complexity index is 1060. The minimum Gasteiger partial charge on any atom is -0.497 e. The summed E-state index contributed by atoms with van der Waals surface area (Å²) in [6.07, 6.45) is 0. The molecular formula is C24H23NO2. The highest BCUT2D eigenvalue weighted by atomic mass is 16.5. The van der Waals surface area contributed by atoms with E-state index in [0.29, 0.717) is 0 Å². The van der Waals surface area contributed by atoms with Crippen molar-refractivity contribution in [2.75, 3.05) is 14.2 Å². The lowest BCUT2D eigenvalue weighted by Crippen LogP contribution is -1.98. The fraction of sp³-hybridized carbons (Fsp3) is 0.167. The molecule has 0 atom stereocenters. The van der Waals surface area contributed by atoms with Crippen molar-refractivity contribution in [1.82, 2.24) is 4.57 Å². The van der Waals surface area contributed by atoms with Gasteiger partial charge in [0.1, 0.15) is 11.5 Å². The molecule has 0 aliphatic heterocycles. The summed E-state index contributed by atoms with van der Waals surface area (Å²) in [4.78, 5) is 0. The van der Waals surface area contributed by atoms with E-state index in [1.54, 1.807) is 14.2 Å². The van der Waals surface area contributed by atoms with Gasteiger partial charge in [0, 0.05) is 23.6 Å². The number of hydrogen-bond acceptors (Lipinski definition) is 2. The van der Waals surface area contributed by atoms with Gasteiger partial charge in [-0.2, -0.15) is 0 Å². The number of nitrogens with zero attached hydrogens (tertiary/aromatic N) is 1. The monoisotopic (exact) mass is 357 g/mol. The first-order valence-electron chi connectivity index (χ1n) is 9.17. The fourth-order valence-electron chi connectivity index (χ4n) is 3.73. The van der Waals surface area contributed by atoms with Crippen LogP contribution in [0, 0.1) is 0 Å². The third-order valence-corrected chi connectivity index (χ3v) is 5.01. The number of aryl methyl sites for hydroxylation is 1. The zero-order valence-electron chi connectivity index (χ0n) is 15.9. The molecule has 1 aromatic heterocycles. The summed E-state index contributed by atoms with van der Waals surface area (Å²) in [5.41, 5.74) is 6.04. The van der Waals surface area contributed by atoms with E-state index in [9.17, 15) is 0 Å². The molecule has 0 unspecified atom stereocenters. The largest absolute Gasteiger partial charge is 0.497 e. The van der Waals surface area contributed by atoms with E-state index < -0.39 is 0 Å². The van der Waals surface area contributed by atoms with Crippen LogP contribution in [0.3, 0.4) is 0 Å². The van der Waals surface area contributed by atoms with Crippen molar-refractivity contribution in [2.24, 2.45) is 0 Å². The number of methoxy groups -OCH3 is 2. The predicted octanol–water partition coefficient (Wildman–Crippen LogP) is 6.01. The summed E-state index contributed by atoms with van der Waals surface area (Å²) in [6.45, 7) is 3.05. The van der Waals surface area contributed by atoms with Gasteiger partial charge in [-0.15, -0.1) is 0 Å². The molecule has 0 radical (unpaired) electrons. The minimum absolute atomic E-state index is 0.862. The van der Waals surface area contributed by atoms with Gasteiger partial charge in [0.15, 0.2) is 0 Å². The Morgan fingerprint density at radius 1 is 0.741 bits per heavy atom. The Kier molecular flexibility index (Phi) is 4.59. The Morgan fingerprint density at radius 3 is 2.04 bits per heavy atom. The van der Waals surface area contributed by atoms with Crippen molar-refractivity contribution >= 4 is 10.9 Å². The maximum atomic E-state index is 5.48. The smallest absolute Gasteiger partial charge is 0.120 e. The molecule has 4 rings (SSSR count). The van der Waals surface area contributed by atoms with E-state index in [1.165, 1.54) is 33.3 Å². The van der Waals surface area contributed by atoms with E-state index in [4.69, 9.17) is 9.47 Å². The van der Waals surface area contributed by atoms with Gasteiger partial charge >= 0.3 is 0 Å². The molecule has 0 N–H and O–H groups in total. The minimum atomic E-state index is 0.862. The zero-order chi connectivity index (χ0) is 18.8. The molecule has 3 aromatic carbocycles. The van der Waals surface area contributed by atoms with Gasteiger partial charge in [-0.1, -0.05) is 30.3 Å². The topological polar surface area (TPSA) is 23.4 Å². The zero-order valence-corrected chi connectivity index (χ0v) is 15.9. The Morgan fingerprint density at radius 2 is 1.41 bits per heavy atom. The highest BCUT2D eigenvalue weighted by Crippen LogP contribution is 2.42. The highest BCUT2D eigenvalue weighted by Gasteiger charge is 2.19. The molecular weight excluding hydrogens is 334 g/mol. The lowest BCUT2D eigenvalue weighted by atomic mass is 9.98. The second kappa shape index (κ2) is 7.20. The second-order valence-corrected chi connectivity index (χ2v) is 6.45. The van der Waals surface area contributed by atoms with Gasteiger partial charge in [0.2, 0.25) is 0 Å². The molecule has 3 nitrogen and oxygen atoms in total. The number of benzene rings is 3. The predicted molar refractivity (Wildman–Crippen MR) is 112 cm³/mol. The Hall–Kier alpha value is -3.20. The molecule has 0 bridgehead atoms. The van der Waals surface area contributed by atoms with Crippen molar-refractivity contribution in [3.8, 4) is 33.9 Å². The maximum absolute atomic E-state index is 5.48. The number of ether oxygens (including phenoxy) is 2. The third-order valence-electron chi connectivity index (χ3n) is 5.01. The van der Waals surface area contributed by atoms with Crippen LogP contribution in [-0.2, 0) is 6.54 Å². The number of hydrogen-bond donors (Lipinski definition) is 0. The van der Waals surface area contributed by atoms with Gasteiger partial charge in [-0.25, -0.2) is 0 Å². The van der Waals surface area contributed by atoms with Crippen molar-refractivity contribution < 1.29 is 9.47 Å². The molecule has 0 amide bonds. The standard InChI is InChI=1S/C24H23NO2/c1-4-25-22-16-20(27-3)14-15-21(22)23(17-8-6-5-7-9-17)24(25)18-10-12-19(26-2)13-11-18/h5-16H,4H2,1-3H3. The van der Waals surface area contributed by atoms with Crippen LogP contribution in [-0.4, -0.2) is 18.8 Å². The van der Waals surface area contributed by atoms with Gasteiger partial charge in [0.25, 0.3) is 0 Å². The quantitative estimate of drug-likeness (QED) is 0.436. The van der Waals surface area contributed by atoms with Crippen LogP contribution in [0.25, 0.3) is 33.3 Å².